The van der Waals surface area contributed by atoms with Gasteiger partial charge in [0.05, 0.1) is 0 Å². The van der Waals surface area contributed by atoms with Gasteiger partial charge in [0.15, 0.2) is 0 Å². The molecule has 53 heavy (non-hydrogen) atoms. The normalized spacial score (nSPS) is 12.0. The van der Waals surface area contributed by atoms with Crippen LogP contribution in [0.2, 0.25) is 0 Å². The second-order valence-electron chi connectivity index (χ2n) is 20.9. The minimum Gasteiger partial charge on any atom is -0.444 e. The molecule has 0 aromatic heterocycles. The van der Waals surface area contributed by atoms with Gasteiger partial charge in [-0.3, -0.25) is 0 Å². The average molecular weight is 762 g/mol. The van der Waals surface area contributed by atoms with Gasteiger partial charge in [0, 0.05) is 16.6 Å². The molecule has 326 valence electrons. The van der Waals surface area contributed by atoms with E-state index in [1.807, 2.05) is 83.2 Å². The first kappa shape index (κ1) is 63.4. The molecule has 0 aromatic rings. The smallest absolute Gasteiger partial charge is 0.408 e. The SMILES string of the molecule is CC(C)C.CCC(C)(C)C.CCC(C)(C)NC(=O)OC(C)(C)C.CCCC(C)(C)CC.CCCC(C)(C)NC.CCCC(C)(C)NC(=O)OC(C)(C)C. The van der Waals surface area contributed by atoms with Crippen LogP contribution in [0.1, 0.15) is 238 Å². The van der Waals surface area contributed by atoms with E-state index in [4.69, 9.17) is 9.47 Å². The molecule has 0 aromatic carbocycles. The summed E-state index contributed by atoms with van der Waals surface area (Å²) in [6.07, 6.45) is 9.96. The quantitative estimate of drug-likeness (QED) is 0.195. The van der Waals surface area contributed by atoms with Crippen LogP contribution in [-0.2, 0) is 9.47 Å². The molecule has 0 saturated heterocycles. The molecule has 0 spiro atoms. The van der Waals surface area contributed by atoms with E-state index in [-0.39, 0.29) is 23.3 Å². The van der Waals surface area contributed by atoms with Crippen molar-refractivity contribution in [2.24, 2.45) is 16.7 Å². The van der Waals surface area contributed by atoms with E-state index in [1.165, 1.54) is 38.5 Å². The first-order chi connectivity index (χ1) is 23.4. The third kappa shape index (κ3) is 65.8. The summed E-state index contributed by atoms with van der Waals surface area (Å²) < 4.78 is 10.3. The fourth-order valence-electron chi connectivity index (χ4n) is 3.54. The van der Waals surface area contributed by atoms with Crippen LogP contribution in [0.25, 0.3) is 0 Å². The predicted octanol–water partition coefficient (Wildman–Crippen LogP) is 14.9. The van der Waals surface area contributed by atoms with Crippen molar-refractivity contribution in [3.8, 4) is 0 Å². The van der Waals surface area contributed by atoms with Crippen LogP contribution in [0.4, 0.5) is 9.59 Å². The number of hydrogen-bond acceptors (Lipinski definition) is 5. The van der Waals surface area contributed by atoms with Gasteiger partial charge in [-0.05, 0) is 133 Å². The molecule has 7 nitrogen and oxygen atoms in total. The summed E-state index contributed by atoms with van der Waals surface area (Å²) in [5, 5.41) is 8.90. The summed E-state index contributed by atoms with van der Waals surface area (Å²) in [6.45, 7) is 54.4. The maximum absolute atomic E-state index is 11.4. The Balaban J connectivity index is -0.000000131. The molecule has 0 aliphatic rings. The van der Waals surface area contributed by atoms with Crippen molar-refractivity contribution in [3.05, 3.63) is 0 Å². The molecule has 0 bridgehead atoms. The monoisotopic (exact) mass is 762 g/mol. The molecule has 0 unspecified atom stereocenters. The molecule has 0 aliphatic carbocycles. The van der Waals surface area contributed by atoms with Crippen molar-refractivity contribution in [2.75, 3.05) is 7.05 Å². The van der Waals surface area contributed by atoms with Gasteiger partial charge in [-0.25, -0.2) is 9.59 Å². The third-order valence-corrected chi connectivity index (χ3v) is 7.93. The number of carbonyl (C=O) groups is 2. The van der Waals surface area contributed by atoms with E-state index in [2.05, 4.69) is 120 Å². The van der Waals surface area contributed by atoms with Gasteiger partial charge in [-0.1, -0.05) is 129 Å². The van der Waals surface area contributed by atoms with Crippen molar-refractivity contribution < 1.29 is 19.1 Å². The highest BCUT2D eigenvalue weighted by atomic mass is 16.6. The molecular formula is C46H103N3O4. The van der Waals surface area contributed by atoms with Gasteiger partial charge in [0.2, 0.25) is 0 Å². The molecule has 0 heterocycles. The van der Waals surface area contributed by atoms with Gasteiger partial charge < -0.3 is 25.4 Å². The minimum absolute atomic E-state index is 0.183. The number of nitrogens with one attached hydrogen (secondary N) is 3. The molecule has 3 N–H and O–H groups in total. The Morgan fingerprint density at radius 2 is 0.755 bits per heavy atom. The van der Waals surface area contributed by atoms with Crippen LogP contribution in [0.5, 0.6) is 0 Å². The lowest BCUT2D eigenvalue weighted by molar-refractivity contribution is 0.0456. The molecule has 0 atom stereocenters. The van der Waals surface area contributed by atoms with Crippen LogP contribution in [0.3, 0.4) is 0 Å². The summed E-state index contributed by atoms with van der Waals surface area (Å²) in [5.41, 5.74) is 0.253. The number of amides is 2. The number of carbonyl (C=O) groups excluding carboxylic acids is 2. The summed E-state index contributed by atoms with van der Waals surface area (Å²) in [7, 11) is 2.01. The fraction of sp³-hybridized carbons (Fsp3) is 0.957. The highest BCUT2D eigenvalue weighted by Gasteiger charge is 2.24. The average Bonchev–Trinajstić information content (AvgIpc) is 2.91. The van der Waals surface area contributed by atoms with Gasteiger partial charge in [0.1, 0.15) is 11.2 Å². The number of alkyl carbamates (subject to hydrolysis) is 2. The lowest BCUT2D eigenvalue weighted by Gasteiger charge is -2.28. The summed E-state index contributed by atoms with van der Waals surface area (Å²) in [6, 6.07) is 0. The summed E-state index contributed by atoms with van der Waals surface area (Å²) in [4.78, 5) is 22.7. The Bertz CT molecular complexity index is 835. The molecule has 0 rings (SSSR count). The Morgan fingerprint density at radius 1 is 0.472 bits per heavy atom. The molecule has 0 fully saturated rings. The van der Waals surface area contributed by atoms with E-state index in [0.717, 1.165) is 25.2 Å². The molecule has 7 heteroatoms. The summed E-state index contributed by atoms with van der Waals surface area (Å²) >= 11 is 0. The zero-order chi connectivity index (χ0) is 44.1. The van der Waals surface area contributed by atoms with E-state index in [1.54, 1.807) is 0 Å². The maximum atomic E-state index is 11.4. The Kier molecular flexibility index (Phi) is 36.7. The minimum atomic E-state index is -0.424. The standard InChI is InChI=1S/C11H23NO2.C10H21NO2.C8H18.C7H17N.C6H14.C4H10/c1-7-8-11(5,6)12-9(13)14-10(2,3)4;1-7-10(5,6)11-8(12)13-9(2,3)4;1-5-7-8(3,4)6-2;1-5-6-7(2,3)8-4;1-5-6(2,3)4;1-4(2)3/h7-8H2,1-6H3,(H,12,13);7H2,1-6H3,(H,11,12);5-7H2,1-4H3;8H,5-6H2,1-4H3;5H2,1-4H3;4H,1-3H3. The van der Waals surface area contributed by atoms with Gasteiger partial charge in [-0.15, -0.1) is 0 Å². The lowest BCUT2D eigenvalue weighted by atomic mass is 9.86. The Hall–Kier alpha value is -1.50. The van der Waals surface area contributed by atoms with Crippen LogP contribution in [0.15, 0.2) is 0 Å². The topological polar surface area (TPSA) is 88.7 Å². The van der Waals surface area contributed by atoms with Gasteiger partial charge in [0.25, 0.3) is 0 Å². The Labute approximate surface area is 335 Å². The maximum Gasteiger partial charge on any atom is 0.408 e. The number of hydrogen-bond donors (Lipinski definition) is 3. The second kappa shape index (κ2) is 30.7. The molecule has 0 radical (unpaired) electrons. The molecular weight excluding hydrogens is 659 g/mol. The van der Waals surface area contributed by atoms with E-state index >= 15 is 0 Å². The van der Waals surface area contributed by atoms with Crippen LogP contribution in [0, 0.1) is 16.7 Å². The van der Waals surface area contributed by atoms with Crippen LogP contribution < -0.4 is 16.0 Å². The van der Waals surface area contributed by atoms with E-state index in [0.29, 0.717) is 16.4 Å². The highest BCUT2D eigenvalue weighted by Crippen LogP contribution is 2.25. The zero-order valence-electron chi connectivity index (χ0n) is 41.6. The molecule has 2 amide bonds. The molecule has 0 aliphatic heterocycles. The molecule has 0 saturated carbocycles. The Morgan fingerprint density at radius 3 is 0.925 bits per heavy atom. The highest BCUT2D eigenvalue weighted by molar-refractivity contribution is 5.69. The lowest BCUT2D eigenvalue weighted by Crippen LogP contribution is -2.45. The van der Waals surface area contributed by atoms with Crippen LogP contribution in [-0.4, -0.2) is 47.1 Å². The zero-order valence-corrected chi connectivity index (χ0v) is 41.6. The van der Waals surface area contributed by atoms with Crippen molar-refractivity contribution >= 4 is 12.2 Å². The second-order valence-corrected chi connectivity index (χ2v) is 20.9. The van der Waals surface area contributed by atoms with Crippen molar-refractivity contribution in [3.63, 3.8) is 0 Å². The van der Waals surface area contributed by atoms with Gasteiger partial charge >= 0.3 is 12.2 Å². The summed E-state index contributed by atoms with van der Waals surface area (Å²) in [5.74, 6) is 0.833. The van der Waals surface area contributed by atoms with E-state index in [9.17, 15) is 9.59 Å². The van der Waals surface area contributed by atoms with Gasteiger partial charge in [-0.2, -0.15) is 0 Å². The first-order valence-electron chi connectivity index (χ1n) is 21.1. The van der Waals surface area contributed by atoms with Crippen LogP contribution >= 0.6 is 0 Å². The number of ether oxygens (including phenoxy) is 2. The van der Waals surface area contributed by atoms with E-state index < -0.39 is 11.2 Å². The largest absolute Gasteiger partial charge is 0.444 e. The fourth-order valence-corrected chi connectivity index (χ4v) is 3.54. The van der Waals surface area contributed by atoms with Crippen molar-refractivity contribution in [1.82, 2.24) is 16.0 Å². The first-order valence-corrected chi connectivity index (χ1v) is 21.1. The van der Waals surface area contributed by atoms with Crippen molar-refractivity contribution in [1.29, 1.82) is 0 Å². The third-order valence-electron chi connectivity index (χ3n) is 7.93. The number of rotatable bonds is 11. The van der Waals surface area contributed by atoms with Crippen molar-refractivity contribution in [2.45, 2.75) is 266 Å². The predicted molar refractivity (Wildman–Crippen MR) is 239 cm³/mol.